The zero-order chi connectivity index (χ0) is 13.1. The standard InChI is InChI=1S/C14H18N4/c1-5-9-17(4)14-8-7-13-15-10-12(11(3)6-2)18(13)16-14/h6-8,10H,2-3,5,9H2,1,4H3. The molecule has 0 N–H and O–H groups in total. The van der Waals surface area contributed by atoms with Crippen LogP contribution in [0.5, 0.6) is 0 Å². The number of rotatable bonds is 5. The highest BCUT2D eigenvalue weighted by molar-refractivity contribution is 5.70. The molecule has 0 radical (unpaired) electrons. The molecular weight excluding hydrogens is 224 g/mol. The van der Waals surface area contributed by atoms with Crippen LogP contribution < -0.4 is 4.90 Å². The largest absolute Gasteiger partial charge is 0.358 e. The Morgan fingerprint density at radius 1 is 1.50 bits per heavy atom. The van der Waals surface area contributed by atoms with Crippen LogP contribution in [0.15, 0.2) is 37.6 Å². The van der Waals surface area contributed by atoms with Gasteiger partial charge in [-0.05, 0) is 24.1 Å². The van der Waals surface area contributed by atoms with Crippen molar-refractivity contribution in [2.45, 2.75) is 13.3 Å². The number of hydrogen-bond donors (Lipinski definition) is 0. The zero-order valence-electron chi connectivity index (χ0n) is 10.9. The Bertz CT molecular complexity index is 582. The highest BCUT2D eigenvalue weighted by Crippen LogP contribution is 2.17. The summed E-state index contributed by atoms with van der Waals surface area (Å²) in [6.07, 6.45) is 4.58. The highest BCUT2D eigenvalue weighted by atomic mass is 15.3. The van der Waals surface area contributed by atoms with Gasteiger partial charge in [0.2, 0.25) is 0 Å². The van der Waals surface area contributed by atoms with Crippen molar-refractivity contribution in [3.63, 3.8) is 0 Å². The van der Waals surface area contributed by atoms with Gasteiger partial charge in [-0.15, -0.1) is 5.10 Å². The topological polar surface area (TPSA) is 33.4 Å². The van der Waals surface area contributed by atoms with E-state index in [1.165, 1.54) is 0 Å². The molecule has 94 valence electrons. The van der Waals surface area contributed by atoms with Crippen molar-refractivity contribution in [3.05, 3.63) is 43.3 Å². The average molecular weight is 242 g/mol. The number of nitrogens with zero attached hydrogens (tertiary/aromatic N) is 4. The van der Waals surface area contributed by atoms with E-state index < -0.39 is 0 Å². The summed E-state index contributed by atoms with van der Waals surface area (Å²) >= 11 is 0. The lowest BCUT2D eigenvalue weighted by molar-refractivity contribution is 0.806. The molecule has 0 aromatic carbocycles. The second-order valence-corrected chi connectivity index (χ2v) is 4.26. The van der Waals surface area contributed by atoms with Gasteiger partial charge < -0.3 is 4.90 Å². The minimum Gasteiger partial charge on any atom is -0.358 e. The summed E-state index contributed by atoms with van der Waals surface area (Å²) in [7, 11) is 2.04. The predicted molar refractivity (Wildman–Crippen MR) is 75.8 cm³/mol. The van der Waals surface area contributed by atoms with Crippen molar-refractivity contribution in [2.75, 3.05) is 18.5 Å². The second-order valence-electron chi connectivity index (χ2n) is 4.26. The van der Waals surface area contributed by atoms with Gasteiger partial charge >= 0.3 is 0 Å². The van der Waals surface area contributed by atoms with Crippen molar-refractivity contribution < 1.29 is 0 Å². The third-order valence-electron chi connectivity index (χ3n) is 2.87. The van der Waals surface area contributed by atoms with E-state index >= 15 is 0 Å². The molecule has 0 unspecified atom stereocenters. The molecule has 0 amide bonds. The van der Waals surface area contributed by atoms with Gasteiger partial charge in [-0.2, -0.15) is 0 Å². The molecule has 2 rings (SSSR count). The Kier molecular flexibility index (Phi) is 3.46. The summed E-state index contributed by atoms with van der Waals surface area (Å²) in [4.78, 5) is 6.43. The lowest BCUT2D eigenvalue weighted by Gasteiger charge is -2.17. The molecule has 0 bridgehead atoms. The van der Waals surface area contributed by atoms with Crippen molar-refractivity contribution in [2.24, 2.45) is 0 Å². The quantitative estimate of drug-likeness (QED) is 0.756. The van der Waals surface area contributed by atoms with Crippen molar-refractivity contribution in [1.29, 1.82) is 0 Å². The summed E-state index contributed by atoms with van der Waals surface area (Å²) in [6, 6.07) is 3.95. The molecule has 0 spiro atoms. The van der Waals surface area contributed by atoms with Gasteiger partial charge in [0.05, 0.1) is 11.9 Å². The van der Waals surface area contributed by atoms with Crippen LogP contribution in [-0.2, 0) is 0 Å². The first kappa shape index (κ1) is 12.4. The zero-order valence-corrected chi connectivity index (χ0v) is 10.9. The normalized spacial score (nSPS) is 10.6. The number of anilines is 1. The van der Waals surface area contributed by atoms with E-state index in [4.69, 9.17) is 0 Å². The first-order chi connectivity index (χ1) is 8.67. The number of hydrogen-bond acceptors (Lipinski definition) is 3. The maximum Gasteiger partial charge on any atom is 0.154 e. The smallest absolute Gasteiger partial charge is 0.154 e. The van der Waals surface area contributed by atoms with Crippen molar-refractivity contribution >= 4 is 17.0 Å². The molecule has 0 aliphatic heterocycles. The van der Waals surface area contributed by atoms with E-state index in [2.05, 4.69) is 35.1 Å². The lowest BCUT2D eigenvalue weighted by atomic mass is 10.2. The Balaban J connectivity index is 2.48. The number of fused-ring (bicyclic) bond motifs is 1. The fourth-order valence-corrected chi connectivity index (χ4v) is 1.84. The molecule has 4 nitrogen and oxygen atoms in total. The number of aromatic nitrogens is 3. The molecule has 0 aliphatic carbocycles. The molecule has 2 heterocycles. The van der Waals surface area contributed by atoms with Gasteiger partial charge in [-0.1, -0.05) is 26.2 Å². The summed E-state index contributed by atoms with van der Waals surface area (Å²) in [5.41, 5.74) is 2.53. The second kappa shape index (κ2) is 5.04. The molecule has 0 atom stereocenters. The third-order valence-corrected chi connectivity index (χ3v) is 2.87. The van der Waals surface area contributed by atoms with Crippen LogP contribution >= 0.6 is 0 Å². The summed E-state index contributed by atoms with van der Waals surface area (Å²) in [6.45, 7) is 10.8. The monoisotopic (exact) mass is 242 g/mol. The van der Waals surface area contributed by atoms with Gasteiger partial charge in [0.25, 0.3) is 0 Å². The number of imidazole rings is 1. The fourth-order valence-electron chi connectivity index (χ4n) is 1.84. The summed E-state index contributed by atoms with van der Waals surface area (Å²) in [5.74, 6) is 0.931. The fraction of sp³-hybridized carbons (Fsp3) is 0.286. The van der Waals surface area contributed by atoms with E-state index in [1.807, 2.05) is 23.7 Å². The Morgan fingerprint density at radius 3 is 2.94 bits per heavy atom. The highest BCUT2D eigenvalue weighted by Gasteiger charge is 2.08. The first-order valence-corrected chi connectivity index (χ1v) is 6.05. The molecule has 2 aromatic heterocycles. The minimum atomic E-state index is 0.821. The third kappa shape index (κ3) is 2.14. The average Bonchev–Trinajstić information content (AvgIpc) is 2.81. The molecule has 0 fully saturated rings. The van der Waals surface area contributed by atoms with Gasteiger partial charge in [0.1, 0.15) is 5.82 Å². The first-order valence-electron chi connectivity index (χ1n) is 6.05. The van der Waals surface area contributed by atoms with E-state index in [9.17, 15) is 0 Å². The maximum absolute atomic E-state index is 4.59. The molecule has 0 saturated carbocycles. The van der Waals surface area contributed by atoms with Crippen LogP contribution in [0.4, 0.5) is 5.82 Å². The van der Waals surface area contributed by atoms with E-state index in [1.54, 1.807) is 12.3 Å². The predicted octanol–water partition coefficient (Wildman–Crippen LogP) is 2.77. The Hall–Kier alpha value is -2.10. The Labute approximate surface area is 107 Å². The minimum absolute atomic E-state index is 0.821. The molecular formula is C14H18N4. The van der Waals surface area contributed by atoms with Crippen LogP contribution in [0.2, 0.25) is 0 Å². The van der Waals surface area contributed by atoms with Crippen LogP contribution in [0.3, 0.4) is 0 Å². The van der Waals surface area contributed by atoms with Gasteiger partial charge in [0, 0.05) is 13.6 Å². The van der Waals surface area contributed by atoms with Gasteiger partial charge in [0.15, 0.2) is 5.65 Å². The lowest BCUT2D eigenvalue weighted by Crippen LogP contribution is -2.20. The molecule has 18 heavy (non-hydrogen) atoms. The summed E-state index contributed by atoms with van der Waals surface area (Å²) in [5, 5.41) is 4.59. The van der Waals surface area contributed by atoms with E-state index in [-0.39, 0.29) is 0 Å². The van der Waals surface area contributed by atoms with E-state index in [0.717, 1.165) is 35.7 Å². The number of allylic oxidation sites excluding steroid dienone is 2. The van der Waals surface area contributed by atoms with Gasteiger partial charge in [-0.25, -0.2) is 9.50 Å². The Morgan fingerprint density at radius 2 is 2.28 bits per heavy atom. The van der Waals surface area contributed by atoms with Crippen molar-refractivity contribution in [3.8, 4) is 0 Å². The van der Waals surface area contributed by atoms with E-state index in [0.29, 0.717) is 0 Å². The molecule has 0 aliphatic rings. The van der Waals surface area contributed by atoms with Gasteiger partial charge in [-0.3, -0.25) is 0 Å². The van der Waals surface area contributed by atoms with Crippen LogP contribution in [0, 0.1) is 0 Å². The SMILES string of the molecule is C=CC(=C)c1cnc2ccc(N(C)CCC)nn12. The molecule has 4 heteroatoms. The molecule has 0 saturated heterocycles. The van der Waals surface area contributed by atoms with Crippen LogP contribution in [0.1, 0.15) is 19.0 Å². The van der Waals surface area contributed by atoms with Crippen LogP contribution in [-0.4, -0.2) is 28.2 Å². The van der Waals surface area contributed by atoms with Crippen LogP contribution in [0.25, 0.3) is 11.2 Å². The molecule has 2 aromatic rings. The van der Waals surface area contributed by atoms with Crippen molar-refractivity contribution in [1.82, 2.24) is 14.6 Å². The maximum atomic E-state index is 4.59. The summed E-state index contributed by atoms with van der Waals surface area (Å²) < 4.78 is 1.81.